The molecule has 2 N–H and O–H groups in total. The van der Waals surface area contributed by atoms with Gasteiger partial charge < -0.3 is 29.7 Å². The predicted octanol–water partition coefficient (Wildman–Crippen LogP) is 4.87. The zero-order valence-electron chi connectivity index (χ0n) is 24.1. The lowest BCUT2D eigenvalue weighted by Gasteiger charge is -2.45. The summed E-state index contributed by atoms with van der Waals surface area (Å²) in [4.78, 5) is 15.6. The van der Waals surface area contributed by atoms with E-state index in [-0.39, 0.29) is 10.8 Å². The van der Waals surface area contributed by atoms with Gasteiger partial charge in [-0.15, -0.1) is 0 Å². The lowest BCUT2D eigenvalue weighted by atomic mass is 9.73. The van der Waals surface area contributed by atoms with E-state index in [4.69, 9.17) is 9.47 Å². The summed E-state index contributed by atoms with van der Waals surface area (Å²) < 4.78 is 11.7. The topological polar surface area (TPSA) is 100 Å². The highest BCUT2D eigenvalue weighted by Crippen LogP contribution is 2.45. The fourth-order valence-corrected chi connectivity index (χ4v) is 6.14. The van der Waals surface area contributed by atoms with Crippen LogP contribution < -0.4 is 10.1 Å². The second-order valence-corrected chi connectivity index (χ2v) is 11.0. The standard InChI is InChI=1S/C31H44N4O5/c1-24-11-4-6-14-28(24)40-29-15-7-5-13-27(29)31(36,17-8-9-20-39-3)25-12-10-18-33(21-25)30(23-35(37)38)34-19-16-26(22-34)32-2/h4-7,11,13-15,23,25-26,32,36H,8-10,12,16-22H2,1-3H3/t25-,26+,31+/m1/s1. The first kappa shape index (κ1) is 29.8. The third-order valence-electron chi connectivity index (χ3n) is 8.39. The lowest BCUT2D eigenvalue weighted by Crippen LogP contribution is -2.48. The molecule has 2 saturated heterocycles. The molecule has 218 valence electrons. The minimum absolute atomic E-state index is 0.136. The molecule has 3 atom stereocenters. The summed E-state index contributed by atoms with van der Waals surface area (Å²) in [6, 6.07) is 15.9. The maximum Gasteiger partial charge on any atom is 0.274 e. The van der Waals surface area contributed by atoms with E-state index in [0.29, 0.717) is 37.2 Å². The van der Waals surface area contributed by atoms with Gasteiger partial charge >= 0.3 is 0 Å². The highest BCUT2D eigenvalue weighted by Gasteiger charge is 2.43. The Morgan fingerprint density at radius 2 is 1.82 bits per heavy atom. The Morgan fingerprint density at radius 3 is 2.52 bits per heavy atom. The number of para-hydroxylation sites is 2. The van der Waals surface area contributed by atoms with Gasteiger partial charge in [-0.2, -0.15) is 0 Å². The lowest BCUT2D eigenvalue weighted by molar-refractivity contribution is -0.405. The van der Waals surface area contributed by atoms with E-state index in [2.05, 4.69) is 15.1 Å². The van der Waals surface area contributed by atoms with Crippen molar-refractivity contribution >= 4 is 0 Å². The zero-order chi connectivity index (χ0) is 28.5. The van der Waals surface area contributed by atoms with Gasteiger partial charge in [0.05, 0.1) is 10.5 Å². The van der Waals surface area contributed by atoms with Crippen molar-refractivity contribution in [2.45, 2.75) is 57.1 Å². The summed E-state index contributed by atoms with van der Waals surface area (Å²) >= 11 is 0. The van der Waals surface area contributed by atoms with Gasteiger partial charge in [-0.25, -0.2) is 0 Å². The number of rotatable bonds is 13. The molecule has 2 fully saturated rings. The van der Waals surface area contributed by atoms with Crippen LogP contribution in [0.3, 0.4) is 0 Å². The highest BCUT2D eigenvalue weighted by atomic mass is 16.6. The van der Waals surface area contributed by atoms with Gasteiger partial charge in [-0.3, -0.25) is 10.1 Å². The molecular weight excluding hydrogens is 508 g/mol. The van der Waals surface area contributed by atoms with Crippen molar-refractivity contribution in [1.29, 1.82) is 0 Å². The van der Waals surface area contributed by atoms with E-state index in [0.717, 1.165) is 74.8 Å². The van der Waals surface area contributed by atoms with Crippen molar-refractivity contribution in [3.63, 3.8) is 0 Å². The second-order valence-electron chi connectivity index (χ2n) is 11.0. The van der Waals surface area contributed by atoms with E-state index >= 15 is 0 Å². The third kappa shape index (κ3) is 7.13. The number of nitrogens with one attached hydrogen (secondary N) is 1. The minimum atomic E-state index is -1.18. The predicted molar refractivity (Wildman–Crippen MR) is 156 cm³/mol. The monoisotopic (exact) mass is 552 g/mol. The Balaban J connectivity index is 1.66. The number of ether oxygens (including phenoxy) is 2. The van der Waals surface area contributed by atoms with Crippen LogP contribution in [0.1, 0.15) is 49.7 Å². The SMILES string of the molecule is CN[C@H]1CCN(C(=C[N+](=O)[O-])N2CCC[C@@H]([C@@](O)(CCCCOC)c3ccccc3Oc3ccccc3C)C2)C1. The van der Waals surface area contributed by atoms with E-state index < -0.39 is 5.60 Å². The number of unbranched alkanes of at least 4 members (excludes halogenated alkanes) is 1. The number of likely N-dealkylation sites (tertiary alicyclic amines) is 2. The van der Waals surface area contributed by atoms with E-state index in [1.165, 1.54) is 0 Å². The number of hydrogen-bond acceptors (Lipinski definition) is 8. The van der Waals surface area contributed by atoms with Crippen LogP contribution in [0, 0.1) is 23.0 Å². The molecule has 0 saturated carbocycles. The van der Waals surface area contributed by atoms with Crippen LogP contribution in [0.15, 0.2) is 60.6 Å². The van der Waals surface area contributed by atoms with Crippen molar-refractivity contribution in [2.24, 2.45) is 5.92 Å². The van der Waals surface area contributed by atoms with Gasteiger partial charge in [0.1, 0.15) is 11.5 Å². The molecule has 0 bridgehead atoms. The maximum absolute atomic E-state index is 12.6. The normalized spacial score (nSPS) is 21.4. The molecule has 0 aromatic heterocycles. The van der Waals surface area contributed by atoms with Crippen molar-refractivity contribution in [3.05, 3.63) is 81.8 Å². The van der Waals surface area contributed by atoms with Gasteiger partial charge in [0, 0.05) is 57.4 Å². The number of benzene rings is 2. The Morgan fingerprint density at radius 1 is 1.10 bits per heavy atom. The summed E-state index contributed by atoms with van der Waals surface area (Å²) in [6.07, 6.45) is 5.91. The van der Waals surface area contributed by atoms with Crippen LogP contribution in [-0.4, -0.2) is 72.8 Å². The summed E-state index contributed by atoms with van der Waals surface area (Å²) in [5.74, 6) is 1.90. The van der Waals surface area contributed by atoms with Crippen LogP contribution >= 0.6 is 0 Å². The first-order valence-electron chi connectivity index (χ1n) is 14.4. The van der Waals surface area contributed by atoms with Gasteiger partial charge in [0.2, 0.25) is 0 Å². The molecule has 9 heteroatoms. The quantitative estimate of drug-likeness (QED) is 0.206. The van der Waals surface area contributed by atoms with Gasteiger partial charge in [-0.1, -0.05) is 36.4 Å². The molecule has 2 aromatic carbocycles. The molecule has 0 amide bonds. The second kappa shape index (κ2) is 14.0. The zero-order valence-corrected chi connectivity index (χ0v) is 24.1. The van der Waals surface area contributed by atoms with Crippen molar-refractivity contribution in [3.8, 4) is 11.5 Å². The number of methoxy groups -OCH3 is 1. The average molecular weight is 553 g/mol. The Bertz CT molecular complexity index is 1160. The number of aryl methyl sites for hydroxylation is 1. The van der Waals surface area contributed by atoms with E-state index in [1.54, 1.807) is 7.11 Å². The van der Waals surface area contributed by atoms with Crippen LogP contribution in [0.25, 0.3) is 0 Å². The number of piperidine rings is 1. The molecule has 2 heterocycles. The largest absolute Gasteiger partial charge is 0.457 e. The van der Waals surface area contributed by atoms with Crippen LogP contribution in [0.5, 0.6) is 11.5 Å². The Hall–Kier alpha value is -3.14. The smallest absolute Gasteiger partial charge is 0.274 e. The first-order chi connectivity index (χ1) is 19.4. The summed E-state index contributed by atoms with van der Waals surface area (Å²) in [5.41, 5.74) is 0.604. The molecule has 40 heavy (non-hydrogen) atoms. The van der Waals surface area contributed by atoms with Crippen molar-refractivity contribution in [1.82, 2.24) is 15.1 Å². The molecule has 0 radical (unpaired) electrons. The summed E-state index contributed by atoms with van der Waals surface area (Å²) in [6.45, 7) is 5.38. The number of aliphatic hydroxyl groups is 1. The molecule has 2 aliphatic heterocycles. The van der Waals surface area contributed by atoms with E-state index in [9.17, 15) is 15.2 Å². The van der Waals surface area contributed by atoms with Crippen LogP contribution in [0.2, 0.25) is 0 Å². The summed E-state index contributed by atoms with van der Waals surface area (Å²) in [5, 5.41) is 27.6. The highest BCUT2D eigenvalue weighted by molar-refractivity contribution is 5.44. The number of nitrogens with zero attached hydrogens (tertiary/aromatic N) is 3. The maximum atomic E-state index is 12.6. The fraction of sp³-hybridized carbons (Fsp3) is 0.548. The number of nitro groups is 1. The average Bonchev–Trinajstić information content (AvgIpc) is 3.45. The molecular formula is C31H44N4O5. The number of likely N-dealkylation sites (N-methyl/N-ethyl adjacent to an activating group) is 1. The Labute approximate surface area is 237 Å². The van der Waals surface area contributed by atoms with Gasteiger partial charge in [0.15, 0.2) is 5.82 Å². The molecule has 0 aliphatic carbocycles. The van der Waals surface area contributed by atoms with Crippen LogP contribution in [-0.2, 0) is 10.3 Å². The minimum Gasteiger partial charge on any atom is -0.457 e. The van der Waals surface area contributed by atoms with Crippen molar-refractivity contribution < 1.29 is 19.5 Å². The first-order valence-corrected chi connectivity index (χ1v) is 14.4. The van der Waals surface area contributed by atoms with Gasteiger partial charge in [-0.05, 0) is 70.2 Å². The molecule has 9 nitrogen and oxygen atoms in total. The fourth-order valence-electron chi connectivity index (χ4n) is 6.14. The van der Waals surface area contributed by atoms with E-state index in [1.807, 2.05) is 62.5 Å². The molecule has 2 aromatic rings. The third-order valence-corrected chi connectivity index (χ3v) is 8.39. The van der Waals surface area contributed by atoms with Crippen molar-refractivity contribution in [2.75, 3.05) is 46.9 Å². The Kier molecular flexibility index (Phi) is 10.4. The summed E-state index contributed by atoms with van der Waals surface area (Å²) in [7, 11) is 3.62. The van der Waals surface area contributed by atoms with Crippen LogP contribution in [0.4, 0.5) is 0 Å². The molecule has 0 unspecified atom stereocenters. The molecule has 0 spiro atoms. The number of hydrogen-bond donors (Lipinski definition) is 2. The molecule has 4 rings (SSSR count). The van der Waals surface area contributed by atoms with Gasteiger partial charge in [0.25, 0.3) is 6.20 Å². The molecule has 2 aliphatic rings.